The number of nitrogens with one attached hydrogen (secondary N) is 1. The first-order valence-electron chi connectivity index (χ1n) is 6.91. The monoisotopic (exact) mass is 263 g/mol. The highest BCUT2D eigenvalue weighted by molar-refractivity contribution is 5.33. The van der Waals surface area contributed by atoms with Gasteiger partial charge in [-0.1, -0.05) is 12.1 Å². The molecule has 104 valence electrons. The number of methoxy groups -OCH3 is 1. The predicted octanol–water partition coefficient (Wildman–Crippen LogP) is 1.69. The Morgan fingerprint density at radius 1 is 1.32 bits per heavy atom. The van der Waals surface area contributed by atoms with Crippen molar-refractivity contribution < 1.29 is 14.2 Å². The Bertz CT molecular complexity index is 408. The summed E-state index contributed by atoms with van der Waals surface area (Å²) in [6, 6.07) is 8.24. The van der Waals surface area contributed by atoms with Gasteiger partial charge < -0.3 is 19.5 Å². The molecule has 1 aromatic carbocycles. The van der Waals surface area contributed by atoms with Gasteiger partial charge in [-0.05, 0) is 30.5 Å². The number of ether oxygens (including phenoxy) is 3. The van der Waals surface area contributed by atoms with Gasteiger partial charge in [0.05, 0.1) is 32.0 Å². The largest absolute Gasteiger partial charge is 0.497 e. The predicted molar refractivity (Wildman–Crippen MR) is 72.5 cm³/mol. The molecule has 0 aromatic heterocycles. The van der Waals surface area contributed by atoms with Gasteiger partial charge in [0, 0.05) is 13.2 Å². The molecule has 2 heterocycles. The molecule has 2 aliphatic heterocycles. The summed E-state index contributed by atoms with van der Waals surface area (Å²) >= 11 is 0. The molecule has 0 spiro atoms. The first-order valence-corrected chi connectivity index (χ1v) is 6.91. The minimum atomic E-state index is -0.0434. The van der Waals surface area contributed by atoms with Crippen LogP contribution in [0.2, 0.25) is 0 Å². The van der Waals surface area contributed by atoms with Crippen LogP contribution in [0.25, 0.3) is 0 Å². The summed E-state index contributed by atoms with van der Waals surface area (Å²) in [6.07, 6.45) is 2.70. The van der Waals surface area contributed by atoms with Crippen LogP contribution in [-0.2, 0) is 15.0 Å². The van der Waals surface area contributed by atoms with Crippen molar-refractivity contribution in [2.45, 2.75) is 24.5 Å². The third kappa shape index (κ3) is 2.61. The van der Waals surface area contributed by atoms with Gasteiger partial charge in [0.25, 0.3) is 0 Å². The second-order valence-corrected chi connectivity index (χ2v) is 5.32. The Morgan fingerprint density at radius 2 is 2.11 bits per heavy atom. The number of hydrogen-bond donors (Lipinski definition) is 1. The van der Waals surface area contributed by atoms with Crippen LogP contribution in [0.15, 0.2) is 24.3 Å². The fraction of sp³-hybridized carbons (Fsp3) is 0.600. The molecule has 1 unspecified atom stereocenters. The lowest BCUT2D eigenvalue weighted by atomic mass is 9.87. The number of rotatable bonds is 5. The Morgan fingerprint density at radius 3 is 2.63 bits per heavy atom. The highest BCUT2D eigenvalue weighted by Crippen LogP contribution is 2.31. The van der Waals surface area contributed by atoms with E-state index < -0.39 is 0 Å². The fourth-order valence-electron chi connectivity index (χ4n) is 2.70. The van der Waals surface area contributed by atoms with Crippen molar-refractivity contribution in [3.05, 3.63) is 29.8 Å². The highest BCUT2D eigenvalue weighted by Gasteiger charge is 2.40. The first kappa shape index (κ1) is 12.9. The third-order valence-corrected chi connectivity index (χ3v) is 4.03. The Labute approximate surface area is 114 Å². The Kier molecular flexibility index (Phi) is 3.73. The van der Waals surface area contributed by atoms with Gasteiger partial charge >= 0.3 is 0 Å². The second-order valence-electron chi connectivity index (χ2n) is 5.32. The summed E-state index contributed by atoms with van der Waals surface area (Å²) in [4.78, 5) is 0. The van der Waals surface area contributed by atoms with E-state index in [2.05, 4.69) is 17.4 Å². The van der Waals surface area contributed by atoms with Crippen LogP contribution >= 0.6 is 0 Å². The molecule has 2 saturated heterocycles. The minimum absolute atomic E-state index is 0.0434. The van der Waals surface area contributed by atoms with Crippen LogP contribution in [0.4, 0.5) is 0 Å². The van der Waals surface area contributed by atoms with Crippen LogP contribution in [0, 0.1) is 0 Å². The van der Waals surface area contributed by atoms with Crippen LogP contribution in [-0.4, -0.2) is 39.6 Å². The summed E-state index contributed by atoms with van der Waals surface area (Å²) in [7, 11) is 1.69. The maximum atomic E-state index is 5.67. The van der Waals surface area contributed by atoms with Gasteiger partial charge in [0.15, 0.2) is 0 Å². The molecular weight excluding hydrogens is 242 g/mol. The summed E-state index contributed by atoms with van der Waals surface area (Å²) in [5, 5.41) is 3.64. The molecule has 4 nitrogen and oxygen atoms in total. The summed E-state index contributed by atoms with van der Waals surface area (Å²) in [5.74, 6) is 0.887. The zero-order chi connectivity index (χ0) is 13.1. The van der Waals surface area contributed by atoms with E-state index in [1.807, 2.05) is 12.1 Å². The van der Waals surface area contributed by atoms with Gasteiger partial charge in [0.2, 0.25) is 0 Å². The van der Waals surface area contributed by atoms with Crippen molar-refractivity contribution in [3.63, 3.8) is 0 Å². The molecule has 0 amide bonds. The zero-order valence-electron chi connectivity index (χ0n) is 11.4. The van der Waals surface area contributed by atoms with E-state index in [0.29, 0.717) is 6.10 Å². The smallest absolute Gasteiger partial charge is 0.118 e. The lowest BCUT2D eigenvalue weighted by molar-refractivity contribution is -0.0828. The van der Waals surface area contributed by atoms with Gasteiger partial charge in [-0.3, -0.25) is 0 Å². The Balaban J connectivity index is 1.66. The highest BCUT2D eigenvalue weighted by atomic mass is 16.5. The average Bonchev–Trinajstić information content (AvgIpc) is 2.91. The van der Waals surface area contributed by atoms with Crippen LogP contribution in [0.1, 0.15) is 18.4 Å². The van der Waals surface area contributed by atoms with Crippen molar-refractivity contribution in [2.24, 2.45) is 0 Å². The molecule has 2 aliphatic rings. The maximum absolute atomic E-state index is 5.67. The summed E-state index contributed by atoms with van der Waals surface area (Å²) in [5.41, 5.74) is 1.22. The molecular formula is C15H21NO3. The standard InChI is InChI=1S/C15H21NO3/c1-17-13-6-4-12(5-7-13)15(10-18-11-15)16-9-14-3-2-8-19-14/h4-7,14,16H,2-3,8-11H2,1H3. The molecule has 0 bridgehead atoms. The molecule has 0 aliphatic carbocycles. The van der Waals surface area contributed by atoms with E-state index >= 15 is 0 Å². The quantitative estimate of drug-likeness (QED) is 0.877. The molecule has 0 saturated carbocycles. The second kappa shape index (κ2) is 5.49. The van der Waals surface area contributed by atoms with Gasteiger partial charge in [-0.25, -0.2) is 0 Å². The van der Waals surface area contributed by atoms with Crippen LogP contribution < -0.4 is 10.1 Å². The van der Waals surface area contributed by atoms with Crippen molar-refractivity contribution in [1.82, 2.24) is 5.32 Å². The average molecular weight is 263 g/mol. The minimum Gasteiger partial charge on any atom is -0.497 e. The van der Waals surface area contributed by atoms with Crippen LogP contribution in [0.5, 0.6) is 5.75 Å². The lowest BCUT2D eigenvalue weighted by Gasteiger charge is -2.43. The van der Waals surface area contributed by atoms with Crippen molar-refractivity contribution in [2.75, 3.05) is 33.5 Å². The zero-order valence-corrected chi connectivity index (χ0v) is 11.4. The maximum Gasteiger partial charge on any atom is 0.118 e. The number of benzene rings is 1. The van der Waals surface area contributed by atoms with Gasteiger partial charge in [0.1, 0.15) is 5.75 Å². The fourth-order valence-corrected chi connectivity index (χ4v) is 2.70. The SMILES string of the molecule is COc1ccc(C2(NCC3CCCO3)COC2)cc1. The summed E-state index contributed by atoms with van der Waals surface area (Å²) in [6.45, 7) is 3.26. The molecule has 3 rings (SSSR count). The van der Waals surface area contributed by atoms with E-state index in [-0.39, 0.29) is 5.54 Å². The molecule has 1 N–H and O–H groups in total. The molecule has 0 radical (unpaired) electrons. The van der Waals surface area contributed by atoms with E-state index in [0.717, 1.165) is 38.5 Å². The van der Waals surface area contributed by atoms with Crippen molar-refractivity contribution >= 4 is 0 Å². The van der Waals surface area contributed by atoms with Crippen molar-refractivity contribution in [3.8, 4) is 5.75 Å². The molecule has 1 atom stereocenters. The summed E-state index contributed by atoms with van der Waals surface area (Å²) < 4.78 is 16.3. The van der Waals surface area contributed by atoms with Gasteiger partial charge in [-0.2, -0.15) is 0 Å². The van der Waals surface area contributed by atoms with E-state index in [4.69, 9.17) is 14.2 Å². The van der Waals surface area contributed by atoms with Crippen LogP contribution in [0.3, 0.4) is 0 Å². The molecule has 4 heteroatoms. The van der Waals surface area contributed by atoms with E-state index in [9.17, 15) is 0 Å². The topological polar surface area (TPSA) is 39.7 Å². The van der Waals surface area contributed by atoms with Crippen molar-refractivity contribution in [1.29, 1.82) is 0 Å². The van der Waals surface area contributed by atoms with Gasteiger partial charge in [-0.15, -0.1) is 0 Å². The first-order chi connectivity index (χ1) is 9.32. The third-order valence-electron chi connectivity index (χ3n) is 4.03. The molecule has 2 fully saturated rings. The number of hydrogen-bond acceptors (Lipinski definition) is 4. The van der Waals surface area contributed by atoms with E-state index in [1.165, 1.54) is 12.0 Å². The molecule has 1 aromatic rings. The normalized spacial score (nSPS) is 25.0. The molecule has 19 heavy (non-hydrogen) atoms. The Hall–Kier alpha value is -1.10. The van der Waals surface area contributed by atoms with E-state index in [1.54, 1.807) is 7.11 Å². The lowest BCUT2D eigenvalue weighted by Crippen LogP contribution is -2.58.